The Kier molecular flexibility index (Phi) is 6.69. The number of anilines is 2. The molecule has 0 unspecified atom stereocenters. The molecule has 0 saturated heterocycles. The van der Waals surface area contributed by atoms with Crippen molar-refractivity contribution >= 4 is 34.8 Å². The number of esters is 1. The first kappa shape index (κ1) is 21.2. The van der Waals surface area contributed by atoms with Gasteiger partial charge in [0.05, 0.1) is 16.2 Å². The molecule has 0 spiro atoms. The van der Waals surface area contributed by atoms with Crippen molar-refractivity contribution in [2.24, 2.45) is 0 Å². The van der Waals surface area contributed by atoms with Gasteiger partial charge in [0, 0.05) is 23.4 Å². The highest BCUT2D eigenvalue weighted by Crippen LogP contribution is 2.19. The first-order valence-electron chi connectivity index (χ1n) is 9.11. The van der Waals surface area contributed by atoms with Gasteiger partial charge >= 0.3 is 5.97 Å². The largest absolute Gasteiger partial charge is 0.452 e. The van der Waals surface area contributed by atoms with Gasteiger partial charge in [0.2, 0.25) is 0 Å². The van der Waals surface area contributed by atoms with E-state index < -0.39 is 29.3 Å². The van der Waals surface area contributed by atoms with Gasteiger partial charge in [-0.2, -0.15) is 0 Å². The molecule has 0 heterocycles. The molecule has 0 bridgehead atoms. The van der Waals surface area contributed by atoms with Gasteiger partial charge in [-0.1, -0.05) is 36.4 Å². The SMILES string of the molecule is O=C(COC(=O)c1ccccc1NC(=O)c1ccccc1)Nc1cccc([N+](=O)[O-])c1. The van der Waals surface area contributed by atoms with E-state index in [1.165, 1.54) is 30.3 Å². The summed E-state index contributed by atoms with van der Waals surface area (Å²) < 4.78 is 5.03. The Morgan fingerprint density at radius 3 is 2.32 bits per heavy atom. The summed E-state index contributed by atoms with van der Waals surface area (Å²) in [5.41, 5.74) is 0.751. The van der Waals surface area contributed by atoms with Crippen LogP contribution in [0.25, 0.3) is 0 Å². The molecule has 0 aliphatic carbocycles. The van der Waals surface area contributed by atoms with Crippen LogP contribution in [-0.2, 0) is 9.53 Å². The first-order valence-corrected chi connectivity index (χ1v) is 9.11. The Bertz CT molecular complexity index is 1130. The number of benzene rings is 3. The quantitative estimate of drug-likeness (QED) is 0.342. The zero-order valence-corrected chi connectivity index (χ0v) is 16.1. The molecule has 2 N–H and O–H groups in total. The van der Waals surface area contributed by atoms with Gasteiger partial charge in [0.1, 0.15) is 0 Å². The van der Waals surface area contributed by atoms with Gasteiger partial charge < -0.3 is 15.4 Å². The fourth-order valence-electron chi connectivity index (χ4n) is 2.66. The number of non-ortho nitro benzene ring substituents is 1. The molecule has 9 heteroatoms. The average Bonchev–Trinajstić information content (AvgIpc) is 2.78. The summed E-state index contributed by atoms with van der Waals surface area (Å²) in [6.07, 6.45) is 0. The van der Waals surface area contributed by atoms with Crippen LogP contribution in [0.3, 0.4) is 0 Å². The Labute approximate surface area is 176 Å². The smallest absolute Gasteiger partial charge is 0.340 e. The van der Waals surface area contributed by atoms with Crippen molar-refractivity contribution in [3.8, 4) is 0 Å². The number of nitrogens with zero attached hydrogens (tertiary/aromatic N) is 1. The maximum absolute atomic E-state index is 12.4. The lowest BCUT2D eigenvalue weighted by atomic mass is 10.1. The maximum Gasteiger partial charge on any atom is 0.340 e. The number of nitro groups is 1. The van der Waals surface area contributed by atoms with Crippen molar-refractivity contribution in [1.82, 2.24) is 0 Å². The standard InChI is InChI=1S/C22H17N3O6/c26-20(23-16-9-6-10-17(13-16)25(29)30)14-31-22(28)18-11-4-5-12-19(18)24-21(27)15-7-2-1-3-8-15/h1-13H,14H2,(H,23,26)(H,24,27). The van der Waals surface area contributed by atoms with E-state index in [2.05, 4.69) is 10.6 Å². The molecule has 0 aliphatic heterocycles. The van der Waals surface area contributed by atoms with Gasteiger partial charge in [-0.05, 0) is 30.3 Å². The van der Waals surface area contributed by atoms with Crippen LogP contribution in [0, 0.1) is 10.1 Å². The summed E-state index contributed by atoms with van der Waals surface area (Å²) in [7, 11) is 0. The molecule has 0 radical (unpaired) electrons. The zero-order chi connectivity index (χ0) is 22.2. The molecule has 0 saturated carbocycles. The Hall–Kier alpha value is -4.53. The minimum Gasteiger partial charge on any atom is -0.452 e. The molecule has 2 amide bonds. The summed E-state index contributed by atoms with van der Waals surface area (Å²) >= 11 is 0. The number of ether oxygens (including phenoxy) is 1. The topological polar surface area (TPSA) is 128 Å². The lowest BCUT2D eigenvalue weighted by molar-refractivity contribution is -0.384. The predicted molar refractivity (Wildman–Crippen MR) is 113 cm³/mol. The van der Waals surface area contributed by atoms with Crippen molar-refractivity contribution in [3.05, 3.63) is 100 Å². The van der Waals surface area contributed by atoms with Crippen molar-refractivity contribution in [2.45, 2.75) is 0 Å². The Morgan fingerprint density at radius 1 is 0.871 bits per heavy atom. The van der Waals surface area contributed by atoms with Crippen molar-refractivity contribution in [2.75, 3.05) is 17.2 Å². The first-order chi connectivity index (χ1) is 14.9. The predicted octanol–water partition coefficient (Wildman–Crippen LogP) is 3.64. The molecular formula is C22H17N3O6. The summed E-state index contributed by atoms with van der Waals surface area (Å²) in [5.74, 6) is -1.87. The van der Waals surface area contributed by atoms with Crippen LogP contribution in [0.15, 0.2) is 78.9 Å². The number of carbonyl (C=O) groups is 3. The molecule has 3 aromatic carbocycles. The number of carbonyl (C=O) groups excluding carboxylic acids is 3. The zero-order valence-electron chi connectivity index (χ0n) is 16.1. The monoisotopic (exact) mass is 419 g/mol. The van der Waals surface area contributed by atoms with E-state index in [1.54, 1.807) is 48.5 Å². The minimum atomic E-state index is -0.807. The van der Waals surface area contributed by atoms with Crippen LogP contribution >= 0.6 is 0 Å². The van der Waals surface area contributed by atoms with E-state index in [0.29, 0.717) is 5.56 Å². The molecule has 31 heavy (non-hydrogen) atoms. The highest BCUT2D eigenvalue weighted by Gasteiger charge is 2.17. The van der Waals surface area contributed by atoms with Crippen molar-refractivity contribution in [1.29, 1.82) is 0 Å². The second-order valence-electron chi connectivity index (χ2n) is 6.30. The van der Waals surface area contributed by atoms with Gasteiger partial charge in [-0.25, -0.2) is 4.79 Å². The van der Waals surface area contributed by atoms with Gasteiger partial charge in [-0.3, -0.25) is 19.7 Å². The third kappa shape index (κ3) is 5.73. The highest BCUT2D eigenvalue weighted by molar-refractivity contribution is 6.08. The second-order valence-corrected chi connectivity index (χ2v) is 6.30. The molecule has 3 aromatic rings. The molecule has 0 atom stereocenters. The number of hydrogen-bond acceptors (Lipinski definition) is 6. The molecule has 0 fully saturated rings. The van der Waals surface area contributed by atoms with Crippen LogP contribution in [0.2, 0.25) is 0 Å². The number of nitro benzene ring substituents is 1. The van der Waals surface area contributed by atoms with E-state index in [1.807, 2.05) is 0 Å². The highest BCUT2D eigenvalue weighted by atomic mass is 16.6. The van der Waals surface area contributed by atoms with Crippen molar-refractivity contribution in [3.63, 3.8) is 0 Å². The van der Waals surface area contributed by atoms with Gasteiger partial charge in [-0.15, -0.1) is 0 Å². The molecule has 0 aliphatic rings. The van der Waals surface area contributed by atoms with Gasteiger partial charge in [0.15, 0.2) is 6.61 Å². The van der Waals surface area contributed by atoms with Crippen LogP contribution < -0.4 is 10.6 Å². The fourth-order valence-corrected chi connectivity index (χ4v) is 2.66. The molecule has 156 valence electrons. The third-order valence-electron chi connectivity index (χ3n) is 4.11. The van der Waals surface area contributed by atoms with E-state index in [-0.39, 0.29) is 22.6 Å². The average molecular weight is 419 g/mol. The second kappa shape index (κ2) is 9.79. The van der Waals surface area contributed by atoms with E-state index in [9.17, 15) is 24.5 Å². The lowest BCUT2D eigenvalue weighted by Gasteiger charge is -2.11. The van der Waals surface area contributed by atoms with Crippen LogP contribution in [0.4, 0.5) is 17.1 Å². The number of para-hydroxylation sites is 1. The van der Waals surface area contributed by atoms with Crippen LogP contribution in [0.5, 0.6) is 0 Å². The summed E-state index contributed by atoms with van der Waals surface area (Å²) in [5, 5.41) is 15.9. The summed E-state index contributed by atoms with van der Waals surface area (Å²) in [4.78, 5) is 47.1. The van der Waals surface area contributed by atoms with Gasteiger partial charge in [0.25, 0.3) is 17.5 Å². The fraction of sp³-hybridized carbons (Fsp3) is 0.0455. The molecule has 3 rings (SSSR count). The normalized spacial score (nSPS) is 10.1. The Morgan fingerprint density at radius 2 is 1.58 bits per heavy atom. The third-order valence-corrected chi connectivity index (χ3v) is 4.11. The lowest BCUT2D eigenvalue weighted by Crippen LogP contribution is -2.22. The maximum atomic E-state index is 12.4. The van der Waals surface area contributed by atoms with E-state index >= 15 is 0 Å². The van der Waals surface area contributed by atoms with E-state index in [0.717, 1.165) is 0 Å². The minimum absolute atomic E-state index is 0.0786. The summed E-state index contributed by atoms with van der Waals surface area (Å²) in [6, 6.07) is 20.1. The summed E-state index contributed by atoms with van der Waals surface area (Å²) in [6.45, 7) is -0.609. The molecule has 9 nitrogen and oxygen atoms in total. The van der Waals surface area contributed by atoms with Crippen molar-refractivity contribution < 1.29 is 24.0 Å². The van der Waals surface area contributed by atoms with Crippen LogP contribution in [-0.4, -0.2) is 29.3 Å². The number of amides is 2. The molecule has 0 aromatic heterocycles. The van der Waals surface area contributed by atoms with E-state index in [4.69, 9.17) is 4.74 Å². The Balaban J connectivity index is 1.62. The molecular weight excluding hydrogens is 402 g/mol. The number of hydrogen-bond donors (Lipinski definition) is 2. The number of rotatable bonds is 7. The van der Waals surface area contributed by atoms with Crippen LogP contribution in [0.1, 0.15) is 20.7 Å². The number of nitrogens with one attached hydrogen (secondary N) is 2.